The molecule has 0 bridgehead atoms. The largest absolute Gasteiger partial charge is 0.480 e. The molecular weight excluding hydrogens is 252 g/mol. The number of carbonyl (C=O) groups is 1. The molecule has 18 heavy (non-hydrogen) atoms. The van der Waals surface area contributed by atoms with Crippen molar-refractivity contribution in [3.63, 3.8) is 0 Å². The summed E-state index contributed by atoms with van der Waals surface area (Å²) in [5.41, 5.74) is 1.30. The van der Waals surface area contributed by atoms with Gasteiger partial charge >= 0.3 is 5.97 Å². The van der Waals surface area contributed by atoms with Gasteiger partial charge in [-0.25, -0.2) is 0 Å². The van der Waals surface area contributed by atoms with Gasteiger partial charge in [0.05, 0.1) is 6.10 Å². The molecule has 1 fully saturated rings. The zero-order valence-electron chi connectivity index (χ0n) is 10.3. The Morgan fingerprint density at radius 2 is 1.78 bits per heavy atom. The molecule has 0 aliphatic heterocycles. The molecule has 1 aliphatic rings. The van der Waals surface area contributed by atoms with Crippen LogP contribution in [0.3, 0.4) is 0 Å². The van der Waals surface area contributed by atoms with E-state index < -0.39 is 5.97 Å². The summed E-state index contributed by atoms with van der Waals surface area (Å²) in [5, 5.41) is 17.4. The molecule has 100 valence electrons. The minimum atomic E-state index is -0.980. The van der Waals surface area contributed by atoms with E-state index in [-0.39, 0.29) is 12.0 Å². The van der Waals surface area contributed by atoms with E-state index in [0.717, 1.165) is 12.8 Å². The van der Waals surface area contributed by atoms with Crippen LogP contribution in [0.5, 0.6) is 0 Å². The number of carboxylic acids is 1. The molecule has 0 spiro atoms. The zero-order valence-corrected chi connectivity index (χ0v) is 11.0. The lowest BCUT2D eigenvalue weighted by molar-refractivity contribution is -0.134. The van der Waals surface area contributed by atoms with Gasteiger partial charge < -0.3 is 10.2 Å². The first-order chi connectivity index (χ1) is 8.65. The average Bonchev–Trinajstić information content (AvgIpc) is 2.41. The molecule has 1 aromatic carbocycles. The van der Waals surface area contributed by atoms with Gasteiger partial charge in [0.25, 0.3) is 0 Å². The quantitative estimate of drug-likeness (QED) is 0.812. The number of halogens is 1. The monoisotopic (exact) mass is 270 g/mol. The molecule has 0 unspecified atom stereocenters. The molecular formula is C14H19ClO3. The van der Waals surface area contributed by atoms with E-state index >= 15 is 0 Å². The fraction of sp³-hybridized carbons (Fsp3) is 0.500. The number of aliphatic hydroxyl groups excluding tert-OH is 1. The molecule has 0 saturated heterocycles. The highest BCUT2D eigenvalue weighted by Gasteiger charge is 2.23. The molecule has 2 N–H and O–H groups in total. The molecule has 2 atom stereocenters. The van der Waals surface area contributed by atoms with Crippen molar-refractivity contribution in [1.82, 2.24) is 0 Å². The second kappa shape index (κ2) is 8.11. The molecule has 0 heterocycles. The van der Waals surface area contributed by atoms with E-state index in [1.165, 1.54) is 18.4 Å². The van der Waals surface area contributed by atoms with Gasteiger partial charge in [-0.1, -0.05) is 43.2 Å². The lowest BCUT2D eigenvalue weighted by Crippen LogP contribution is -2.22. The van der Waals surface area contributed by atoms with Crippen LogP contribution in [0.25, 0.3) is 0 Å². The first-order valence-corrected chi connectivity index (χ1v) is 6.69. The van der Waals surface area contributed by atoms with Crippen LogP contribution >= 0.6 is 11.6 Å². The molecule has 2 rings (SSSR count). The van der Waals surface area contributed by atoms with E-state index in [1.807, 2.05) is 6.07 Å². The number of aliphatic hydroxyl groups is 1. The van der Waals surface area contributed by atoms with Gasteiger partial charge in [-0.05, 0) is 18.4 Å². The summed E-state index contributed by atoms with van der Waals surface area (Å²) in [4.78, 5) is 9.24. The summed E-state index contributed by atoms with van der Waals surface area (Å²) >= 11 is 4.74. The summed E-state index contributed by atoms with van der Waals surface area (Å²) < 4.78 is 0. The lowest BCUT2D eigenvalue weighted by atomic mass is 9.82. The van der Waals surface area contributed by atoms with Crippen molar-refractivity contribution in [3.8, 4) is 0 Å². The van der Waals surface area contributed by atoms with Crippen molar-refractivity contribution in [2.24, 2.45) is 0 Å². The van der Waals surface area contributed by atoms with Gasteiger partial charge in [-0.2, -0.15) is 0 Å². The number of hydrogen-bond donors (Lipinski definition) is 2. The maximum Gasteiger partial charge on any atom is 0.318 e. The Labute approximate surface area is 112 Å². The predicted molar refractivity (Wildman–Crippen MR) is 72.0 cm³/mol. The van der Waals surface area contributed by atoms with Gasteiger partial charge in [0.15, 0.2) is 0 Å². The topological polar surface area (TPSA) is 57.5 Å². The summed E-state index contributed by atoms with van der Waals surface area (Å²) in [6.45, 7) is 0. The van der Waals surface area contributed by atoms with E-state index in [1.54, 1.807) is 0 Å². The standard InChI is InChI=1S/C12H16O.C2H3ClO2/c13-12-9-5-4-8-11(12)10-6-2-1-3-7-10;3-1-2(4)5/h1-3,6-7,11-13H,4-5,8-9H2;1H2,(H,4,5)/t11-,12+;/m0./s1. The maximum absolute atomic E-state index is 9.82. The third-order valence-corrected chi connectivity index (χ3v) is 3.30. The number of aliphatic carboxylic acids is 1. The molecule has 0 aromatic heterocycles. The van der Waals surface area contributed by atoms with Crippen molar-refractivity contribution in [3.05, 3.63) is 35.9 Å². The first-order valence-electron chi connectivity index (χ1n) is 6.16. The number of carboxylic acid groups (broad SMARTS) is 1. The Kier molecular flexibility index (Phi) is 6.76. The van der Waals surface area contributed by atoms with E-state index in [4.69, 9.17) is 16.7 Å². The maximum atomic E-state index is 9.82. The smallest absolute Gasteiger partial charge is 0.318 e. The lowest BCUT2D eigenvalue weighted by Gasteiger charge is -2.27. The Bertz CT molecular complexity index is 353. The number of benzene rings is 1. The Morgan fingerprint density at radius 3 is 2.28 bits per heavy atom. The molecule has 0 amide bonds. The van der Waals surface area contributed by atoms with Crippen LogP contribution in [-0.2, 0) is 4.79 Å². The fourth-order valence-corrected chi connectivity index (χ4v) is 2.20. The SMILES string of the molecule is O=C(O)CCl.O[C@@H]1CCCC[C@H]1c1ccccc1. The van der Waals surface area contributed by atoms with Gasteiger partial charge in [0.1, 0.15) is 5.88 Å². The van der Waals surface area contributed by atoms with Crippen LogP contribution in [0, 0.1) is 0 Å². The Morgan fingerprint density at radius 1 is 1.22 bits per heavy atom. The molecule has 1 aromatic rings. The second-order valence-electron chi connectivity index (χ2n) is 4.40. The van der Waals surface area contributed by atoms with E-state index in [0.29, 0.717) is 5.92 Å². The molecule has 3 nitrogen and oxygen atoms in total. The van der Waals surface area contributed by atoms with Gasteiger partial charge in [-0.15, -0.1) is 11.6 Å². The van der Waals surface area contributed by atoms with Crippen LogP contribution in [0.15, 0.2) is 30.3 Å². The Balaban J connectivity index is 0.000000280. The van der Waals surface area contributed by atoms with Crippen LogP contribution in [-0.4, -0.2) is 28.2 Å². The number of hydrogen-bond acceptors (Lipinski definition) is 2. The van der Waals surface area contributed by atoms with E-state index in [2.05, 4.69) is 24.3 Å². The van der Waals surface area contributed by atoms with Crippen molar-refractivity contribution >= 4 is 17.6 Å². The van der Waals surface area contributed by atoms with Crippen molar-refractivity contribution < 1.29 is 15.0 Å². The van der Waals surface area contributed by atoms with Crippen LogP contribution in [0.4, 0.5) is 0 Å². The highest BCUT2D eigenvalue weighted by molar-refractivity contribution is 6.26. The van der Waals surface area contributed by atoms with Crippen LogP contribution in [0.1, 0.15) is 37.2 Å². The first kappa shape index (κ1) is 15.0. The number of rotatable bonds is 2. The van der Waals surface area contributed by atoms with Crippen molar-refractivity contribution in [2.75, 3.05) is 5.88 Å². The third kappa shape index (κ3) is 5.07. The molecule has 0 radical (unpaired) electrons. The summed E-state index contributed by atoms with van der Waals surface area (Å²) in [5.74, 6) is -0.901. The van der Waals surface area contributed by atoms with Gasteiger partial charge in [-0.3, -0.25) is 4.79 Å². The van der Waals surface area contributed by atoms with Gasteiger partial charge in [0.2, 0.25) is 0 Å². The third-order valence-electron chi connectivity index (χ3n) is 3.07. The molecule has 4 heteroatoms. The second-order valence-corrected chi connectivity index (χ2v) is 4.66. The molecule has 1 aliphatic carbocycles. The number of alkyl halides is 1. The average molecular weight is 271 g/mol. The summed E-state index contributed by atoms with van der Waals surface area (Å²) in [6, 6.07) is 10.4. The van der Waals surface area contributed by atoms with Crippen molar-refractivity contribution in [1.29, 1.82) is 0 Å². The fourth-order valence-electron chi connectivity index (χ4n) is 2.20. The highest BCUT2D eigenvalue weighted by atomic mass is 35.5. The van der Waals surface area contributed by atoms with Crippen LogP contribution in [0.2, 0.25) is 0 Å². The van der Waals surface area contributed by atoms with Crippen LogP contribution < -0.4 is 0 Å². The molecule has 1 saturated carbocycles. The van der Waals surface area contributed by atoms with Gasteiger partial charge in [0, 0.05) is 5.92 Å². The minimum Gasteiger partial charge on any atom is -0.480 e. The minimum absolute atomic E-state index is 0.115. The normalized spacial score (nSPS) is 22.8. The van der Waals surface area contributed by atoms with Crippen molar-refractivity contribution in [2.45, 2.75) is 37.7 Å². The highest BCUT2D eigenvalue weighted by Crippen LogP contribution is 2.32. The predicted octanol–water partition coefficient (Wildman–Crippen LogP) is 3.01. The Hall–Kier alpha value is -1.06. The zero-order chi connectivity index (χ0) is 13.4. The summed E-state index contributed by atoms with van der Waals surface area (Å²) in [6.07, 6.45) is 4.45. The summed E-state index contributed by atoms with van der Waals surface area (Å²) in [7, 11) is 0. The van der Waals surface area contributed by atoms with E-state index in [9.17, 15) is 9.90 Å².